The summed E-state index contributed by atoms with van der Waals surface area (Å²) in [6, 6.07) is 59.0. The Morgan fingerprint density at radius 2 is 0.700 bits per heavy atom. The first-order chi connectivity index (χ1) is 24.8. The summed E-state index contributed by atoms with van der Waals surface area (Å²) in [5.41, 5.74) is 9.72. The van der Waals surface area contributed by atoms with E-state index in [0.29, 0.717) is 17.5 Å². The SMILES string of the molecule is c1ccc(-c2cccc(-c3nc(-c4ccccc4)nc(-c4ccc(-c5c6ccccc6c(-c6cccnc6)c6ccccc56)cc4)n3)c2)cc1. The monoisotopic (exact) mass is 638 g/mol. The Balaban J connectivity index is 1.18. The molecule has 0 amide bonds. The fourth-order valence-corrected chi connectivity index (χ4v) is 6.87. The van der Waals surface area contributed by atoms with Gasteiger partial charge < -0.3 is 0 Å². The first kappa shape index (κ1) is 29.4. The second-order valence-electron chi connectivity index (χ2n) is 12.3. The molecule has 0 bridgehead atoms. The molecule has 0 aliphatic carbocycles. The van der Waals surface area contributed by atoms with Gasteiger partial charge in [-0.3, -0.25) is 4.98 Å². The van der Waals surface area contributed by atoms with Gasteiger partial charge in [0.15, 0.2) is 17.5 Å². The normalized spacial score (nSPS) is 11.2. The minimum Gasteiger partial charge on any atom is -0.264 e. The van der Waals surface area contributed by atoms with Gasteiger partial charge in [-0.05, 0) is 61.5 Å². The molecule has 9 aromatic rings. The summed E-state index contributed by atoms with van der Waals surface area (Å²) in [6.45, 7) is 0. The minimum atomic E-state index is 0.632. The first-order valence-corrected chi connectivity index (χ1v) is 16.7. The van der Waals surface area contributed by atoms with E-state index < -0.39 is 0 Å². The van der Waals surface area contributed by atoms with Gasteiger partial charge in [-0.1, -0.05) is 158 Å². The second-order valence-corrected chi connectivity index (χ2v) is 12.3. The highest BCUT2D eigenvalue weighted by atomic mass is 15.0. The maximum Gasteiger partial charge on any atom is 0.164 e. The van der Waals surface area contributed by atoms with Gasteiger partial charge in [0, 0.05) is 34.6 Å². The van der Waals surface area contributed by atoms with Crippen LogP contribution in [0.4, 0.5) is 0 Å². The van der Waals surface area contributed by atoms with Crippen LogP contribution in [0.3, 0.4) is 0 Å². The van der Waals surface area contributed by atoms with Crippen molar-refractivity contribution in [3.8, 4) is 67.5 Å². The number of fused-ring (bicyclic) bond motifs is 2. The van der Waals surface area contributed by atoms with Crippen LogP contribution in [0.15, 0.2) is 182 Å². The number of rotatable bonds is 6. The van der Waals surface area contributed by atoms with E-state index in [1.165, 1.54) is 32.7 Å². The van der Waals surface area contributed by atoms with Crippen LogP contribution in [0.2, 0.25) is 0 Å². The zero-order valence-corrected chi connectivity index (χ0v) is 27.1. The average molecular weight is 639 g/mol. The highest BCUT2D eigenvalue weighted by Crippen LogP contribution is 2.43. The fourth-order valence-electron chi connectivity index (χ4n) is 6.87. The van der Waals surface area contributed by atoms with Gasteiger partial charge in [0.05, 0.1) is 0 Å². The van der Waals surface area contributed by atoms with Gasteiger partial charge in [0.25, 0.3) is 0 Å². The lowest BCUT2D eigenvalue weighted by Crippen LogP contribution is -2.00. The molecule has 2 heterocycles. The summed E-state index contributed by atoms with van der Waals surface area (Å²) in [7, 11) is 0. The van der Waals surface area contributed by atoms with Gasteiger partial charge >= 0.3 is 0 Å². The Bertz CT molecular complexity index is 2560. The molecule has 7 aromatic carbocycles. The summed E-state index contributed by atoms with van der Waals surface area (Å²) in [5, 5.41) is 4.80. The summed E-state index contributed by atoms with van der Waals surface area (Å²) in [5.74, 6) is 1.91. The minimum absolute atomic E-state index is 0.632. The molecule has 0 fully saturated rings. The van der Waals surface area contributed by atoms with E-state index in [2.05, 4.69) is 132 Å². The lowest BCUT2D eigenvalue weighted by molar-refractivity contribution is 1.07. The zero-order chi connectivity index (χ0) is 33.3. The molecule has 9 rings (SSSR count). The molecule has 0 spiro atoms. The fraction of sp³-hybridized carbons (Fsp3) is 0. The third-order valence-electron chi connectivity index (χ3n) is 9.21. The van der Waals surface area contributed by atoms with Crippen molar-refractivity contribution in [1.82, 2.24) is 19.9 Å². The lowest BCUT2D eigenvalue weighted by Gasteiger charge is -2.17. The van der Waals surface area contributed by atoms with Crippen molar-refractivity contribution in [2.24, 2.45) is 0 Å². The van der Waals surface area contributed by atoms with Gasteiger partial charge in [0.1, 0.15) is 0 Å². The molecule has 0 aliphatic rings. The predicted octanol–water partition coefficient (Wildman–Crippen LogP) is 11.6. The van der Waals surface area contributed by atoms with Gasteiger partial charge in [-0.2, -0.15) is 0 Å². The van der Waals surface area contributed by atoms with E-state index >= 15 is 0 Å². The maximum atomic E-state index is 5.05. The van der Waals surface area contributed by atoms with Crippen LogP contribution in [0, 0.1) is 0 Å². The van der Waals surface area contributed by atoms with Crippen LogP contribution in [0.1, 0.15) is 0 Å². The Kier molecular flexibility index (Phi) is 7.45. The van der Waals surface area contributed by atoms with Crippen LogP contribution >= 0.6 is 0 Å². The van der Waals surface area contributed by atoms with Crippen LogP contribution in [0.5, 0.6) is 0 Å². The van der Waals surface area contributed by atoms with Crippen LogP contribution in [-0.4, -0.2) is 19.9 Å². The molecular formula is C46H30N4. The van der Waals surface area contributed by atoms with E-state index in [1.807, 2.05) is 54.9 Å². The third-order valence-corrected chi connectivity index (χ3v) is 9.21. The number of pyridine rings is 1. The molecule has 0 saturated heterocycles. The Morgan fingerprint density at radius 3 is 1.26 bits per heavy atom. The second kappa shape index (κ2) is 12.7. The number of hydrogen-bond donors (Lipinski definition) is 0. The molecule has 0 aliphatic heterocycles. The Morgan fingerprint density at radius 1 is 0.280 bits per heavy atom. The van der Waals surface area contributed by atoms with Crippen molar-refractivity contribution in [3.63, 3.8) is 0 Å². The Hall–Kier alpha value is -6.78. The van der Waals surface area contributed by atoms with Crippen LogP contribution in [-0.2, 0) is 0 Å². The van der Waals surface area contributed by atoms with E-state index in [4.69, 9.17) is 15.0 Å². The van der Waals surface area contributed by atoms with Crippen molar-refractivity contribution in [3.05, 3.63) is 182 Å². The van der Waals surface area contributed by atoms with E-state index in [0.717, 1.165) is 38.9 Å². The van der Waals surface area contributed by atoms with E-state index in [1.54, 1.807) is 0 Å². The molecule has 234 valence electrons. The molecule has 4 nitrogen and oxygen atoms in total. The first-order valence-electron chi connectivity index (χ1n) is 16.7. The van der Waals surface area contributed by atoms with Crippen molar-refractivity contribution >= 4 is 21.5 Å². The van der Waals surface area contributed by atoms with Crippen molar-refractivity contribution < 1.29 is 0 Å². The summed E-state index contributed by atoms with van der Waals surface area (Å²) >= 11 is 0. The number of hydrogen-bond acceptors (Lipinski definition) is 4. The van der Waals surface area contributed by atoms with Gasteiger partial charge in [-0.15, -0.1) is 0 Å². The molecule has 50 heavy (non-hydrogen) atoms. The molecule has 0 N–H and O–H groups in total. The topological polar surface area (TPSA) is 51.6 Å². The third kappa shape index (κ3) is 5.39. The van der Waals surface area contributed by atoms with Gasteiger partial charge in [0.2, 0.25) is 0 Å². The van der Waals surface area contributed by atoms with Crippen molar-refractivity contribution in [2.45, 2.75) is 0 Å². The molecular weight excluding hydrogens is 609 g/mol. The smallest absolute Gasteiger partial charge is 0.164 e. The largest absolute Gasteiger partial charge is 0.264 e. The zero-order valence-electron chi connectivity index (χ0n) is 27.1. The predicted molar refractivity (Wildman–Crippen MR) is 205 cm³/mol. The van der Waals surface area contributed by atoms with Crippen LogP contribution < -0.4 is 0 Å². The highest BCUT2D eigenvalue weighted by Gasteiger charge is 2.18. The summed E-state index contributed by atoms with van der Waals surface area (Å²) in [6.07, 6.45) is 3.77. The highest BCUT2D eigenvalue weighted by molar-refractivity contribution is 6.21. The Labute approximate surface area is 290 Å². The number of aromatic nitrogens is 4. The lowest BCUT2D eigenvalue weighted by atomic mass is 9.86. The molecule has 0 radical (unpaired) electrons. The molecule has 0 unspecified atom stereocenters. The van der Waals surface area contributed by atoms with E-state index in [-0.39, 0.29) is 0 Å². The number of nitrogens with zero attached hydrogens (tertiary/aromatic N) is 4. The molecule has 0 atom stereocenters. The van der Waals surface area contributed by atoms with Crippen molar-refractivity contribution in [1.29, 1.82) is 0 Å². The van der Waals surface area contributed by atoms with E-state index in [9.17, 15) is 0 Å². The molecule has 2 aromatic heterocycles. The van der Waals surface area contributed by atoms with Crippen LogP contribution in [0.25, 0.3) is 89.1 Å². The summed E-state index contributed by atoms with van der Waals surface area (Å²) < 4.78 is 0. The quantitative estimate of drug-likeness (QED) is 0.170. The maximum absolute atomic E-state index is 5.05. The summed E-state index contributed by atoms with van der Waals surface area (Å²) in [4.78, 5) is 19.5. The molecule has 0 saturated carbocycles. The van der Waals surface area contributed by atoms with Crippen molar-refractivity contribution in [2.75, 3.05) is 0 Å². The number of benzene rings is 7. The van der Waals surface area contributed by atoms with Gasteiger partial charge in [-0.25, -0.2) is 15.0 Å². The standard InChI is InChI=1S/C46H30N4/c1-3-13-31(14-4-1)35-17-11-18-36(29-35)46-49-44(33-15-5-2-6-16-33)48-45(50-46)34-26-24-32(25-27-34)42-38-20-7-9-22-40(38)43(37-19-12-28-47-30-37)41-23-10-8-21-39(41)42/h1-30H. The molecule has 4 heteroatoms. The average Bonchev–Trinajstić information content (AvgIpc) is 3.21.